The highest BCUT2D eigenvalue weighted by atomic mass is 16.6. The number of hydrogen-bond donors (Lipinski definition) is 0. The van der Waals surface area contributed by atoms with E-state index in [0.717, 1.165) is 0 Å². The molecule has 1 saturated carbocycles. The molecule has 2 unspecified atom stereocenters. The predicted molar refractivity (Wildman–Crippen MR) is 44.5 cm³/mol. The molecule has 0 aromatic heterocycles. The zero-order valence-electron chi connectivity index (χ0n) is 7.21. The number of nitrogens with zero attached hydrogens (tertiary/aromatic N) is 1. The SMILES string of the molecule is CC(C)C1=NOC2CCCC12. The standard InChI is InChI=1S/C9H15NO/c1-6(2)9-7-4-3-5-8(7)11-10-9/h6-8H,3-5H2,1-2H3. The van der Waals surface area contributed by atoms with Gasteiger partial charge in [0, 0.05) is 5.92 Å². The van der Waals surface area contributed by atoms with Gasteiger partial charge in [-0.05, 0) is 25.2 Å². The van der Waals surface area contributed by atoms with Crippen LogP contribution in [0.25, 0.3) is 0 Å². The Balaban J connectivity index is 2.12. The molecule has 0 aromatic carbocycles. The van der Waals surface area contributed by atoms with Crippen LogP contribution in [0.1, 0.15) is 33.1 Å². The maximum atomic E-state index is 5.34. The maximum Gasteiger partial charge on any atom is 0.135 e. The van der Waals surface area contributed by atoms with Gasteiger partial charge in [-0.1, -0.05) is 19.0 Å². The molecule has 1 aliphatic heterocycles. The smallest absolute Gasteiger partial charge is 0.135 e. The lowest BCUT2D eigenvalue weighted by Gasteiger charge is -2.10. The van der Waals surface area contributed by atoms with Crippen molar-refractivity contribution in [1.29, 1.82) is 0 Å². The number of oxime groups is 1. The van der Waals surface area contributed by atoms with Crippen LogP contribution in [0.4, 0.5) is 0 Å². The van der Waals surface area contributed by atoms with Crippen LogP contribution < -0.4 is 0 Å². The van der Waals surface area contributed by atoms with Gasteiger partial charge in [-0.25, -0.2) is 0 Å². The lowest BCUT2D eigenvalue weighted by molar-refractivity contribution is 0.0746. The van der Waals surface area contributed by atoms with Crippen molar-refractivity contribution in [3.05, 3.63) is 0 Å². The molecule has 0 aromatic rings. The largest absolute Gasteiger partial charge is 0.392 e. The highest BCUT2D eigenvalue weighted by molar-refractivity contribution is 5.89. The summed E-state index contributed by atoms with van der Waals surface area (Å²) < 4.78 is 0. The van der Waals surface area contributed by atoms with Gasteiger partial charge < -0.3 is 4.84 Å². The number of fused-ring (bicyclic) bond motifs is 1. The van der Waals surface area contributed by atoms with Crippen LogP contribution in [0.2, 0.25) is 0 Å². The molecule has 2 aliphatic rings. The third-order valence-corrected chi connectivity index (χ3v) is 2.72. The summed E-state index contributed by atoms with van der Waals surface area (Å²) in [6.07, 6.45) is 4.26. The van der Waals surface area contributed by atoms with Gasteiger partial charge in [0.1, 0.15) is 6.10 Å². The average Bonchev–Trinajstić information content (AvgIpc) is 2.41. The molecule has 2 atom stereocenters. The average molecular weight is 153 g/mol. The summed E-state index contributed by atoms with van der Waals surface area (Å²) in [6, 6.07) is 0. The van der Waals surface area contributed by atoms with E-state index >= 15 is 0 Å². The quantitative estimate of drug-likeness (QED) is 0.566. The first-order chi connectivity index (χ1) is 5.29. The van der Waals surface area contributed by atoms with Gasteiger partial charge in [0.2, 0.25) is 0 Å². The predicted octanol–water partition coefficient (Wildman–Crippen LogP) is 2.20. The molecule has 0 saturated heterocycles. The van der Waals surface area contributed by atoms with Gasteiger partial charge in [-0.3, -0.25) is 0 Å². The fraction of sp³-hybridized carbons (Fsp3) is 0.889. The molecule has 2 nitrogen and oxygen atoms in total. The van der Waals surface area contributed by atoms with Gasteiger partial charge in [-0.15, -0.1) is 0 Å². The Morgan fingerprint density at radius 2 is 2.27 bits per heavy atom. The minimum absolute atomic E-state index is 0.437. The lowest BCUT2D eigenvalue weighted by Crippen LogP contribution is -2.20. The number of hydrogen-bond acceptors (Lipinski definition) is 2. The van der Waals surface area contributed by atoms with Crippen molar-refractivity contribution >= 4 is 5.71 Å². The van der Waals surface area contributed by atoms with Crippen molar-refractivity contribution in [1.82, 2.24) is 0 Å². The molecule has 0 radical (unpaired) electrons. The van der Waals surface area contributed by atoms with Crippen LogP contribution in [0.3, 0.4) is 0 Å². The summed E-state index contributed by atoms with van der Waals surface area (Å²) in [5.41, 5.74) is 1.30. The maximum absolute atomic E-state index is 5.34. The first-order valence-corrected chi connectivity index (χ1v) is 4.52. The van der Waals surface area contributed by atoms with Crippen LogP contribution in [0.15, 0.2) is 5.16 Å². The Hall–Kier alpha value is -0.530. The monoisotopic (exact) mass is 153 g/mol. The summed E-state index contributed by atoms with van der Waals surface area (Å²) in [5.74, 6) is 1.23. The minimum atomic E-state index is 0.437. The van der Waals surface area contributed by atoms with Crippen molar-refractivity contribution < 1.29 is 4.84 Å². The van der Waals surface area contributed by atoms with Crippen molar-refractivity contribution in [2.24, 2.45) is 17.0 Å². The van der Waals surface area contributed by atoms with E-state index in [1.165, 1.54) is 25.0 Å². The van der Waals surface area contributed by atoms with Crippen molar-refractivity contribution in [3.63, 3.8) is 0 Å². The summed E-state index contributed by atoms with van der Waals surface area (Å²) in [4.78, 5) is 5.34. The van der Waals surface area contributed by atoms with E-state index < -0.39 is 0 Å². The van der Waals surface area contributed by atoms with Crippen LogP contribution in [0.5, 0.6) is 0 Å². The van der Waals surface area contributed by atoms with E-state index in [1.807, 2.05) is 0 Å². The van der Waals surface area contributed by atoms with Gasteiger partial charge in [0.15, 0.2) is 0 Å². The second-order valence-corrected chi connectivity index (χ2v) is 3.85. The summed E-state index contributed by atoms with van der Waals surface area (Å²) in [7, 11) is 0. The zero-order valence-corrected chi connectivity index (χ0v) is 7.21. The molecule has 1 fully saturated rings. The van der Waals surface area contributed by atoms with Gasteiger partial charge in [0.25, 0.3) is 0 Å². The van der Waals surface area contributed by atoms with E-state index in [9.17, 15) is 0 Å². The molecule has 2 heteroatoms. The molecule has 0 bridgehead atoms. The van der Waals surface area contributed by atoms with Crippen LogP contribution >= 0.6 is 0 Å². The van der Waals surface area contributed by atoms with Gasteiger partial charge >= 0.3 is 0 Å². The third-order valence-electron chi connectivity index (χ3n) is 2.72. The Morgan fingerprint density at radius 3 is 3.00 bits per heavy atom. The van der Waals surface area contributed by atoms with E-state index in [0.29, 0.717) is 17.9 Å². The fourth-order valence-electron chi connectivity index (χ4n) is 2.12. The molecule has 0 spiro atoms. The Bertz CT molecular complexity index is 186. The number of rotatable bonds is 1. The zero-order chi connectivity index (χ0) is 7.84. The molecule has 0 amide bonds. The molecular weight excluding hydrogens is 138 g/mol. The normalized spacial score (nSPS) is 35.4. The third kappa shape index (κ3) is 1.05. The highest BCUT2D eigenvalue weighted by Crippen LogP contribution is 2.35. The second kappa shape index (κ2) is 2.50. The van der Waals surface area contributed by atoms with E-state index in [4.69, 9.17) is 4.84 Å². The Kier molecular flexibility index (Phi) is 1.63. The summed E-state index contributed by atoms with van der Waals surface area (Å²) in [5, 5.41) is 4.14. The van der Waals surface area contributed by atoms with E-state index in [2.05, 4.69) is 19.0 Å². The molecular formula is C9H15NO. The van der Waals surface area contributed by atoms with Crippen LogP contribution in [-0.2, 0) is 4.84 Å². The molecule has 2 rings (SSSR count). The fourth-order valence-corrected chi connectivity index (χ4v) is 2.12. The molecule has 1 aliphatic carbocycles. The minimum Gasteiger partial charge on any atom is -0.392 e. The molecule has 0 N–H and O–H groups in total. The second-order valence-electron chi connectivity index (χ2n) is 3.85. The molecule has 11 heavy (non-hydrogen) atoms. The van der Waals surface area contributed by atoms with Gasteiger partial charge in [0.05, 0.1) is 5.71 Å². The lowest BCUT2D eigenvalue weighted by atomic mass is 9.92. The van der Waals surface area contributed by atoms with Gasteiger partial charge in [-0.2, -0.15) is 0 Å². The molecule has 62 valence electrons. The van der Waals surface area contributed by atoms with E-state index in [1.54, 1.807) is 0 Å². The summed E-state index contributed by atoms with van der Waals surface area (Å²) >= 11 is 0. The van der Waals surface area contributed by atoms with Crippen molar-refractivity contribution in [2.45, 2.75) is 39.2 Å². The topological polar surface area (TPSA) is 21.6 Å². The Labute approximate surface area is 67.6 Å². The van der Waals surface area contributed by atoms with Crippen LogP contribution in [0, 0.1) is 11.8 Å². The van der Waals surface area contributed by atoms with Crippen LogP contribution in [-0.4, -0.2) is 11.8 Å². The van der Waals surface area contributed by atoms with Crippen molar-refractivity contribution in [2.75, 3.05) is 0 Å². The Morgan fingerprint density at radius 1 is 1.45 bits per heavy atom. The molecule has 1 heterocycles. The first kappa shape index (κ1) is 7.14. The summed E-state index contributed by atoms with van der Waals surface area (Å²) in [6.45, 7) is 4.39. The first-order valence-electron chi connectivity index (χ1n) is 4.52. The highest BCUT2D eigenvalue weighted by Gasteiger charge is 2.38. The van der Waals surface area contributed by atoms with Crippen molar-refractivity contribution in [3.8, 4) is 0 Å². The van der Waals surface area contributed by atoms with E-state index in [-0.39, 0.29) is 0 Å².